The van der Waals surface area contributed by atoms with E-state index < -0.39 is 65.5 Å². The third-order valence-corrected chi connectivity index (χ3v) is 8.46. The molecule has 48 heavy (non-hydrogen) atoms. The Balaban J connectivity index is 1.61. The highest BCUT2D eigenvalue weighted by Gasteiger charge is 2.34. The van der Waals surface area contributed by atoms with Crippen molar-refractivity contribution >= 4 is 51.8 Å². The molecule has 0 fully saturated rings. The lowest BCUT2D eigenvalue weighted by Gasteiger charge is -2.25. The van der Waals surface area contributed by atoms with Crippen molar-refractivity contribution in [3.8, 4) is 0 Å². The normalized spacial score (nSPS) is 13.5. The van der Waals surface area contributed by atoms with Crippen molar-refractivity contribution in [2.45, 2.75) is 64.8 Å². The molecule has 0 aliphatic carbocycles. The lowest BCUT2D eigenvalue weighted by molar-refractivity contribution is -0.142. The summed E-state index contributed by atoms with van der Waals surface area (Å²) in [6.07, 6.45) is 0.169. The number of hydrogen-bond donors (Lipinski definition) is 4. The van der Waals surface area contributed by atoms with Crippen LogP contribution in [0, 0.1) is 17.8 Å². The van der Waals surface area contributed by atoms with Crippen LogP contribution in [-0.4, -0.2) is 53.6 Å². The van der Waals surface area contributed by atoms with Gasteiger partial charge in [-0.1, -0.05) is 93.1 Å². The van der Waals surface area contributed by atoms with Gasteiger partial charge in [0.1, 0.15) is 5.78 Å². The molecule has 0 bridgehead atoms. The van der Waals surface area contributed by atoms with E-state index in [0.29, 0.717) is 6.42 Å². The fourth-order valence-electron chi connectivity index (χ4n) is 5.46. The lowest BCUT2D eigenvalue weighted by atomic mass is 9.90. The predicted molar refractivity (Wildman–Crippen MR) is 181 cm³/mol. The lowest BCUT2D eigenvalue weighted by Crippen LogP contribution is -2.52. The zero-order valence-corrected chi connectivity index (χ0v) is 27.4. The van der Waals surface area contributed by atoms with Crippen LogP contribution in [0.5, 0.6) is 0 Å². The Morgan fingerprint density at radius 1 is 0.750 bits per heavy atom. The zero-order valence-electron chi connectivity index (χ0n) is 27.4. The smallest absolute Gasteiger partial charge is 0.289 e. The molecule has 3 aromatic carbocycles. The van der Waals surface area contributed by atoms with Crippen molar-refractivity contribution in [1.82, 2.24) is 10.6 Å². The Bertz CT molecular complexity index is 1640. The monoisotopic (exact) mass is 656 g/mol. The van der Waals surface area contributed by atoms with Crippen LogP contribution < -0.4 is 22.1 Å². The molecule has 0 aliphatic rings. The van der Waals surface area contributed by atoms with Gasteiger partial charge in [0, 0.05) is 37.5 Å². The molecule has 4 atom stereocenters. The van der Waals surface area contributed by atoms with Crippen LogP contribution in [0.15, 0.2) is 72.8 Å². The quantitative estimate of drug-likeness (QED) is 0.134. The van der Waals surface area contributed by atoms with Gasteiger partial charge in [0.25, 0.3) is 5.91 Å². The van der Waals surface area contributed by atoms with Crippen LogP contribution in [0.4, 0.5) is 0 Å². The van der Waals surface area contributed by atoms with Gasteiger partial charge in [0.05, 0.1) is 12.6 Å². The predicted octanol–water partition coefficient (Wildman–Crippen LogP) is 2.74. The SMILES string of the molecule is CC[C@H](C)C(NC(=O)[C@H](CCC(N)=O)CC(=O)Cc1ccccc1)C(=O)C(=O)NCC(=O)C[C@@H](Cc1ccc2ccccc2c1)C(N)=O. The van der Waals surface area contributed by atoms with Crippen LogP contribution in [0.25, 0.3) is 10.8 Å². The first-order valence-electron chi connectivity index (χ1n) is 16.1. The summed E-state index contributed by atoms with van der Waals surface area (Å²) in [5.74, 6) is -6.96. The summed E-state index contributed by atoms with van der Waals surface area (Å²) in [5.41, 5.74) is 12.5. The Kier molecular flexibility index (Phi) is 14.2. The molecule has 0 saturated carbocycles. The average Bonchev–Trinajstić information content (AvgIpc) is 3.07. The number of hydrogen-bond acceptors (Lipinski definition) is 7. The van der Waals surface area contributed by atoms with E-state index in [4.69, 9.17) is 11.5 Å². The highest BCUT2D eigenvalue weighted by atomic mass is 16.2. The number of amides is 4. The van der Waals surface area contributed by atoms with Crippen molar-refractivity contribution in [2.24, 2.45) is 29.2 Å². The number of benzene rings is 3. The molecule has 11 nitrogen and oxygen atoms in total. The second-order valence-electron chi connectivity index (χ2n) is 12.3. The number of Topliss-reactive ketones (excluding diaryl/α,β-unsaturated/α-hetero) is 3. The summed E-state index contributed by atoms with van der Waals surface area (Å²) >= 11 is 0. The first kappa shape index (κ1) is 37.3. The molecule has 11 heteroatoms. The van der Waals surface area contributed by atoms with Crippen molar-refractivity contribution in [1.29, 1.82) is 0 Å². The minimum Gasteiger partial charge on any atom is -0.370 e. The van der Waals surface area contributed by atoms with Gasteiger partial charge >= 0.3 is 0 Å². The third-order valence-electron chi connectivity index (χ3n) is 8.46. The van der Waals surface area contributed by atoms with E-state index in [0.717, 1.165) is 21.9 Å². The summed E-state index contributed by atoms with van der Waals surface area (Å²) in [6, 6.07) is 21.2. The van der Waals surface area contributed by atoms with Gasteiger partial charge in [-0.05, 0) is 40.7 Å². The second kappa shape index (κ2) is 18.2. The van der Waals surface area contributed by atoms with Gasteiger partial charge < -0.3 is 22.1 Å². The van der Waals surface area contributed by atoms with Gasteiger partial charge in [-0.25, -0.2) is 0 Å². The van der Waals surface area contributed by atoms with Crippen molar-refractivity contribution < 1.29 is 33.6 Å². The van der Waals surface area contributed by atoms with Crippen LogP contribution in [0.3, 0.4) is 0 Å². The van der Waals surface area contributed by atoms with E-state index >= 15 is 0 Å². The molecule has 3 aromatic rings. The largest absolute Gasteiger partial charge is 0.370 e. The number of carbonyl (C=O) groups is 7. The second-order valence-corrected chi connectivity index (χ2v) is 12.3. The standard InChI is InChI=1S/C37H44N4O7/c1-3-23(2)33(41-36(47)28(15-16-32(38)44)20-30(42)19-24-9-5-4-6-10-24)34(45)37(48)40-22-31(43)21-29(35(39)46)18-25-13-14-26-11-7-8-12-27(26)17-25/h4-14,17,23,28-29,33H,3,15-16,18-22H2,1-2H3,(H2,38,44)(H2,39,46)(H,40,48)(H,41,47)/t23-,28+,29+,33?/m0/s1. The zero-order chi connectivity index (χ0) is 35.2. The maximum absolute atomic E-state index is 13.4. The number of rotatable bonds is 20. The maximum atomic E-state index is 13.4. The Morgan fingerprint density at radius 3 is 2.04 bits per heavy atom. The fraction of sp³-hybridized carbons (Fsp3) is 0.378. The number of carbonyl (C=O) groups excluding carboxylic acids is 7. The first-order valence-corrected chi connectivity index (χ1v) is 16.1. The molecular weight excluding hydrogens is 612 g/mol. The number of ketones is 3. The summed E-state index contributed by atoms with van der Waals surface area (Å²) < 4.78 is 0. The molecule has 3 rings (SSSR count). The summed E-state index contributed by atoms with van der Waals surface area (Å²) in [6.45, 7) is 2.96. The van der Waals surface area contributed by atoms with Crippen molar-refractivity contribution in [2.75, 3.05) is 6.54 Å². The van der Waals surface area contributed by atoms with Crippen molar-refractivity contribution in [3.05, 3.63) is 83.9 Å². The highest BCUT2D eigenvalue weighted by molar-refractivity contribution is 6.38. The molecule has 0 spiro atoms. The molecule has 1 unspecified atom stereocenters. The third kappa shape index (κ3) is 11.6. The number of nitrogens with two attached hydrogens (primary N) is 2. The summed E-state index contributed by atoms with van der Waals surface area (Å²) in [7, 11) is 0. The minimum absolute atomic E-state index is 0.00987. The van der Waals surface area contributed by atoms with Crippen LogP contribution in [0.1, 0.15) is 57.1 Å². The molecule has 4 amide bonds. The van der Waals surface area contributed by atoms with Gasteiger partial charge in [0.15, 0.2) is 5.78 Å². The topological polar surface area (TPSA) is 196 Å². The number of fused-ring (bicyclic) bond motifs is 1. The van der Waals surface area contributed by atoms with Gasteiger partial charge in [-0.2, -0.15) is 0 Å². The molecule has 254 valence electrons. The van der Waals surface area contributed by atoms with E-state index in [1.54, 1.807) is 38.1 Å². The van der Waals surface area contributed by atoms with Gasteiger partial charge in [-0.3, -0.25) is 33.6 Å². The molecule has 0 radical (unpaired) electrons. The molecule has 0 saturated heterocycles. The molecular formula is C37H44N4O7. The number of primary amides is 2. The minimum atomic E-state index is -1.25. The summed E-state index contributed by atoms with van der Waals surface area (Å²) in [5, 5.41) is 6.95. The van der Waals surface area contributed by atoms with E-state index in [1.165, 1.54) is 0 Å². The molecule has 0 aromatic heterocycles. The van der Waals surface area contributed by atoms with E-state index in [2.05, 4.69) is 10.6 Å². The highest BCUT2D eigenvalue weighted by Crippen LogP contribution is 2.20. The molecule has 0 aliphatic heterocycles. The Morgan fingerprint density at radius 2 is 1.40 bits per heavy atom. The van der Waals surface area contributed by atoms with Gasteiger partial charge in [-0.15, -0.1) is 0 Å². The van der Waals surface area contributed by atoms with E-state index in [1.807, 2.05) is 48.5 Å². The Labute approximate surface area is 280 Å². The van der Waals surface area contributed by atoms with E-state index in [9.17, 15) is 33.6 Å². The molecule has 0 heterocycles. The van der Waals surface area contributed by atoms with E-state index in [-0.39, 0.29) is 44.3 Å². The summed E-state index contributed by atoms with van der Waals surface area (Å²) in [4.78, 5) is 88.9. The maximum Gasteiger partial charge on any atom is 0.289 e. The molecule has 6 N–H and O–H groups in total. The first-order chi connectivity index (χ1) is 22.9. The fourth-order valence-corrected chi connectivity index (χ4v) is 5.46. The van der Waals surface area contributed by atoms with Crippen LogP contribution in [-0.2, 0) is 46.4 Å². The Hall–Kier alpha value is -5.19. The number of nitrogens with one attached hydrogen (secondary N) is 2. The van der Waals surface area contributed by atoms with Crippen LogP contribution >= 0.6 is 0 Å². The van der Waals surface area contributed by atoms with Crippen LogP contribution in [0.2, 0.25) is 0 Å². The van der Waals surface area contributed by atoms with Crippen molar-refractivity contribution in [3.63, 3.8) is 0 Å². The van der Waals surface area contributed by atoms with Gasteiger partial charge in [0.2, 0.25) is 23.5 Å². The average molecular weight is 657 g/mol.